The van der Waals surface area contributed by atoms with Crippen LogP contribution in [0.1, 0.15) is 12.7 Å². The van der Waals surface area contributed by atoms with E-state index in [1.54, 1.807) is 0 Å². The van der Waals surface area contributed by atoms with Crippen LogP contribution in [0.3, 0.4) is 0 Å². The zero-order valence-electron chi connectivity index (χ0n) is 27.5. The summed E-state index contributed by atoms with van der Waals surface area (Å²) in [7, 11) is 0. The number of aromatic nitrogens is 3. The van der Waals surface area contributed by atoms with Crippen molar-refractivity contribution in [1.82, 2.24) is 15.0 Å². The van der Waals surface area contributed by atoms with Gasteiger partial charge in [-0.3, -0.25) is 0 Å². The molecule has 2 heterocycles. The molecule has 0 atom stereocenters. The normalized spacial score (nSPS) is 12.0. The molecule has 9 rings (SSSR count). The molecule has 0 spiro atoms. The van der Waals surface area contributed by atoms with E-state index in [0.717, 1.165) is 44.2 Å². The van der Waals surface area contributed by atoms with Crippen LogP contribution < -0.4 is 0 Å². The number of hydrogen-bond donors (Lipinski definition) is 0. The smallest absolute Gasteiger partial charge is 0.167 e. The highest BCUT2D eigenvalue weighted by Crippen LogP contribution is 2.40. The van der Waals surface area contributed by atoms with Crippen molar-refractivity contribution in [3.8, 4) is 33.9 Å². The highest BCUT2D eigenvalue weighted by Gasteiger charge is 2.18. The van der Waals surface area contributed by atoms with Crippen LogP contribution in [0.4, 0.5) is 0 Å². The van der Waals surface area contributed by atoms with Gasteiger partial charge in [0.25, 0.3) is 0 Å². The van der Waals surface area contributed by atoms with E-state index in [2.05, 4.69) is 97.6 Å². The van der Waals surface area contributed by atoms with E-state index >= 15 is 0 Å². The molecule has 0 radical (unpaired) electrons. The van der Waals surface area contributed by atoms with Crippen LogP contribution in [-0.2, 0) is 0 Å². The molecule has 0 saturated heterocycles. The van der Waals surface area contributed by atoms with Crippen LogP contribution in [0.15, 0.2) is 169 Å². The van der Waals surface area contributed by atoms with E-state index < -0.39 is 0 Å². The first kappa shape index (κ1) is 29.5. The van der Waals surface area contributed by atoms with Crippen LogP contribution in [0.2, 0.25) is 0 Å². The number of furan rings is 1. The molecule has 0 amide bonds. The molecule has 9 aromatic rings. The number of nitrogens with zero attached hydrogens (tertiary/aromatic N) is 3. The highest BCUT2D eigenvalue weighted by atomic mass is 16.3. The maximum Gasteiger partial charge on any atom is 0.167 e. The maximum atomic E-state index is 6.58. The van der Waals surface area contributed by atoms with E-state index in [4.69, 9.17) is 19.4 Å². The molecule has 4 nitrogen and oxygen atoms in total. The standard InChI is InChI=1S/C46H31N3O/c1-3-4-6-14-29(2)44-47-45(30-15-7-5-8-16-30)49-46(48-44)39-22-13-21-38-41-28-32(24-26-42(41)50-43(38)39)31-23-25-37-35-19-10-9-17-33(35)34-18-11-12-20-36(34)40(37)27-31/h3-28H,2H2,1H3/b4-3-,14-6-. The summed E-state index contributed by atoms with van der Waals surface area (Å²) in [5.41, 5.74) is 6.23. The lowest BCUT2D eigenvalue weighted by Crippen LogP contribution is -2.02. The van der Waals surface area contributed by atoms with Crippen LogP contribution in [0.5, 0.6) is 0 Å². The maximum absolute atomic E-state index is 6.58. The summed E-state index contributed by atoms with van der Waals surface area (Å²) < 4.78 is 6.58. The largest absolute Gasteiger partial charge is 0.455 e. The van der Waals surface area contributed by atoms with E-state index in [1.165, 1.54) is 32.3 Å². The topological polar surface area (TPSA) is 51.8 Å². The van der Waals surface area contributed by atoms with Crippen LogP contribution >= 0.6 is 0 Å². The molecule has 0 fully saturated rings. The second kappa shape index (κ2) is 12.1. The van der Waals surface area contributed by atoms with Gasteiger partial charge in [0.15, 0.2) is 17.5 Å². The number of allylic oxidation sites excluding steroid dienone is 5. The number of fused-ring (bicyclic) bond motifs is 9. The Kier molecular flexibility index (Phi) is 7.14. The summed E-state index contributed by atoms with van der Waals surface area (Å²) in [6.45, 7) is 6.23. The Morgan fingerprint density at radius 3 is 1.84 bits per heavy atom. The molecule has 0 saturated carbocycles. The van der Waals surface area contributed by atoms with Crippen molar-refractivity contribution in [2.24, 2.45) is 0 Å². The molecule has 4 heteroatoms. The Hall–Kier alpha value is -6.65. The van der Waals surface area contributed by atoms with Crippen molar-refractivity contribution in [2.45, 2.75) is 6.92 Å². The highest BCUT2D eigenvalue weighted by molar-refractivity contribution is 6.25. The molecule has 2 aromatic heterocycles. The Morgan fingerprint density at radius 1 is 0.520 bits per heavy atom. The third kappa shape index (κ3) is 4.97. The zero-order valence-corrected chi connectivity index (χ0v) is 27.5. The van der Waals surface area contributed by atoms with Gasteiger partial charge in [-0.15, -0.1) is 0 Å². The summed E-state index contributed by atoms with van der Waals surface area (Å²) >= 11 is 0. The van der Waals surface area contributed by atoms with Gasteiger partial charge >= 0.3 is 0 Å². The van der Waals surface area contributed by atoms with Crippen LogP contribution in [0.25, 0.3) is 93.7 Å². The predicted molar refractivity (Wildman–Crippen MR) is 209 cm³/mol. The van der Waals surface area contributed by atoms with E-state index in [0.29, 0.717) is 23.0 Å². The van der Waals surface area contributed by atoms with Crippen molar-refractivity contribution in [3.63, 3.8) is 0 Å². The fourth-order valence-corrected chi connectivity index (χ4v) is 6.96. The minimum atomic E-state index is 0.515. The van der Waals surface area contributed by atoms with Crippen LogP contribution in [-0.4, -0.2) is 15.0 Å². The summed E-state index contributed by atoms with van der Waals surface area (Å²) in [6, 6.07) is 46.8. The van der Waals surface area contributed by atoms with Crippen molar-refractivity contribution in [2.75, 3.05) is 0 Å². The van der Waals surface area contributed by atoms with Gasteiger partial charge < -0.3 is 4.42 Å². The lowest BCUT2D eigenvalue weighted by molar-refractivity contribution is 0.669. The first-order valence-electron chi connectivity index (χ1n) is 16.8. The fourth-order valence-electron chi connectivity index (χ4n) is 6.96. The first-order chi connectivity index (χ1) is 24.7. The van der Waals surface area contributed by atoms with Crippen molar-refractivity contribution in [1.29, 1.82) is 0 Å². The Bertz CT molecular complexity index is 2810. The van der Waals surface area contributed by atoms with Gasteiger partial charge in [0.2, 0.25) is 0 Å². The fraction of sp³-hybridized carbons (Fsp3) is 0.0217. The predicted octanol–water partition coefficient (Wildman–Crippen LogP) is 12.4. The quantitative estimate of drug-likeness (QED) is 0.134. The number of benzene rings is 7. The zero-order chi connectivity index (χ0) is 33.6. The second-order valence-electron chi connectivity index (χ2n) is 12.4. The molecule has 0 unspecified atom stereocenters. The third-order valence-corrected chi connectivity index (χ3v) is 9.37. The minimum absolute atomic E-state index is 0.515. The summed E-state index contributed by atoms with van der Waals surface area (Å²) in [5, 5.41) is 9.63. The van der Waals surface area contributed by atoms with Gasteiger partial charge in [0.05, 0.1) is 5.56 Å². The van der Waals surface area contributed by atoms with Gasteiger partial charge in [-0.1, -0.05) is 140 Å². The SMILES string of the molecule is C=C(/C=C\C=C/C)c1nc(-c2ccccc2)nc(-c2cccc3c2oc2ccc(-c4ccc5c6ccccc6c6ccccc6c5c4)cc23)n1. The molecule has 0 bridgehead atoms. The molecule has 0 aliphatic heterocycles. The van der Waals surface area contributed by atoms with Crippen molar-refractivity contribution in [3.05, 3.63) is 170 Å². The third-order valence-electron chi connectivity index (χ3n) is 9.37. The van der Waals surface area contributed by atoms with Gasteiger partial charge in [-0.2, -0.15) is 0 Å². The average molecular weight is 642 g/mol. The molecule has 236 valence electrons. The van der Waals surface area contributed by atoms with Gasteiger partial charge in [0.1, 0.15) is 11.2 Å². The average Bonchev–Trinajstić information content (AvgIpc) is 3.56. The summed E-state index contributed by atoms with van der Waals surface area (Å²) in [4.78, 5) is 14.7. The molecule has 0 N–H and O–H groups in total. The van der Waals surface area contributed by atoms with Crippen molar-refractivity contribution < 1.29 is 4.42 Å². The molecule has 0 aliphatic carbocycles. The Labute approximate surface area is 289 Å². The second-order valence-corrected chi connectivity index (χ2v) is 12.4. The van der Waals surface area contributed by atoms with Gasteiger partial charge in [-0.25, -0.2) is 15.0 Å². The lowest BCUT2D eigenvalue weighted by atomic mass is 9.92. The Balaban J connectivity index is 1.20. The van der Waals surface area contributed by atoms with E-state index in [-0.39, 0.29) is 0 Å². The van der Waals surface area contributed by atoms with Gasteiger partial charge in [-0.05, 0) is 74.6 Å². The monoisotopic (exact) mass is 641 g/mol. The Morgan fingerprint density at radius 2 is 1.12 bits per heavy atom. The number of rotatable bonds is 6. The summed E-state index contributed by atoms with van der Waals surface area (Å²) in [6.07, 6.45) is 7.77. The molecule has 0 aliphatic rings. The van der Waals surface area contributed by atoms with E-state index in [1.807, 2.05) is 73.7 Å². The van der Waals surface area contributed by atoms with Crippen molar-refractivity contribution >= 4 is 59.8 Å². The molecule has 7 aromatic carbocycles. The number of para-hydroxylation sites is 1. The molecule has 50 heavy (non-hydrogen) atoms. The summed E-state index contributed by atoms with van der Waals surface area (Å²) in [5.74, 6) is 1.63. The number of hydrogen-bond acceptors (Lipinski definition) is 4. The van der Waals surface area contributed by atoms with Gasteiger partial charge in [0, 0.05) is 21.9 Å². The van der Waals surface area contributed by atoms with E-state index in [9.17, 15) is 0 Å². The molecular weight excluding hydrogens is 611 g/mol. The first-order valence-corrected chi connectivity index (χ1v) is 16.8. The lowest BCUT2D eigenvalue weighted by Gasteiger charge is -2.12. The van der Waals surface area contributed by atoms with Crippen LogP contribution in [0, 0.1) is 0 Å². The molecular formula is C46H31N3O. The minimum Gasteiger partial charge on any atom is -0.455 e.